The molecular formula is C10H10Br4O3. The van der Waals surface area contributed by atoms with Crippen LogP contribution in [-0.2, 0) is 14.3 Å². The highest BCUT2D eigenvalue weighted by molar-refractivity contribution is 9.16. The maximum atomic E-state index is 11.3. The number of methoxy groups -OCH3 is 2. The lowest BCUT2D eigenvalue weighted by molar-refractivity contribution is -0.212. The fourth-order valence-corrected chi connectivity index (χ4v) is 7.57. The summed E-state index contributed by atoms with van der Waals surface area (Å²) in [5.41, 5.74) is 0. The predicted molar refractivity (Wildman–Crippen MR) is 79.1 cm³/mol. The molecule has 17 heavy (non-hydrogen) atoms. The lowest BCUT2D eigenvalue weighted by Crippen LogP contribution is -2.56. The number of hydrogen-bond acceptors (Lipinski definition) is 3. The van der Waals surface area contributed by atoms with Gasteiger partial charge in [0.05, 0.1) is 0 Å². The summed E-state index contributed by atoms with van der Waals surface area (Å²) >= 11 is 14.4. The largest absolute Gasteiger partial charge is 0.350 e. The molecule has 96 valence electrons. The first-order valence-corrected chi connectivity index (χ1v) is 8.02. The van der Waals surface area contributed by atoms with E-state index in [-0.39, 0.29) is 5.92 Å². The Morgan fingerprint density at radius 2 is 1.76 bits per heavy atom. The topological polar surface area (TPSA) is 35.5 Å². The Balaban J connectivity index is 2.72. The molecule has 0 aliphatic heterocycles. The summed E-state index contributed by atoms with van der Waals surface area (Å²) in [7, 11) is 3.16. The highest BCUT2D eigenvalue weighted by Gasteiger charge is 2.79. The van der Waals surface area contributed by atoms with Crippen LogP contribution in [0.5, 0.6) is 0 Å². The minimum atomic E-state index is -0.969. The molecule has 0 radical (unpaired) electrons. The second-order valence-electron chi connectivity index (χ2n) is 4.11. The first kappa shape index (κ1) is 14.7. The molecule has 0 amide bonds. The van der Waals surface area contributed by atoms with Gasteiger partial charge < -0.3 is 14.3 Å². The Hall–Kier alpha value is 1.25. The van der Waals surface area contributed by atoms with Crippen molar-refractivity contribution in [3.8, 4) is 0 Å². The molecule has 3 nitrogen and oxygen atoms in total. The molecule has 3 atom stereocenters. The van der Waals surface area contributed by atoms with Crippen molar-refractivity contribution in [2.24, 2.45) is 5.92 Å². The van der Waals surface area contributed by atoms with Gasteiger partial charge in [0.1, 0.15) is 14.9 Å². The maximum Gasteiger partial charge on any atom is 0.209 e. The molecule has 0 spiro atoms. The van der Waals surface area contributed by atoms with Crippen LogP contribution in [0.25, 0.3) is 0 Å². The summed E-state index contributed by atoms with van der Waals surface area (Å²) in [5, 5.41) is 0. The van der Waals surface area contributed by atoms with Crippen molar-refractivity contribution in [1.82, 2.24) is 0 Å². The van der Waals surface area contributed by atoms with E-state index in [1.165, 1.54) is 0 Å². The summed E-state index contributed by atoms with van der Waals surface area (Å²) in [6, 6.07) is 0. The van der Waals surface area contributed by atoms with E-state index in [1.54, 1.807) is 14.2 Å². The van der Waals surface area contributed by atoms with Gasteiger partial charge in [-0.05, 0) is 6.42 Å². The van der Waals surface area contributed by atoms with Crippen LogP contribution >= 0.6 is 63.7 Å². The van der Waals surface area contributed by atoms with Crippen molar-refractivity contribution < 1.29 is 14.3 Å². The molecule has 0 heterocycles. The summed E-state index contributed by atoms with van der Waals surface area (Å²) in [4.78, 5) is 11.3. The van der Waals surface area contributed by atoms with Crippen molar-refractivity contribution >= 4 is 70.0 Å². The third kappa shape index (κ3) is 1.36. The molecule has 2 aliphatic carbocycles. The molecule has 2 aliphatic rings. The number of rotatable bonds is 3. The molecule has 0 N–H and O–H groups in total. The van der Waals surface area contributed by atoms with Gasteiger partial charge in [0.25, 0.3) is 0 Å². The van der Waals surface area contributed by atoms with Crippen LogP contribution in [0.1, 0.15) is 6.42 Å². The van der Waals surface area contributed by atoms with Crippen LogP contribution < -0.4 is 0 Å². The number of hydrogen-bond donors (Lipinski definition) is 0. The first-order chi connectivity index (χ1) is 7.85. The third-order valence-electron chi connectivity index (χ3n) is 3.61. The van der Waals surface area contributed by atoms with E-state index in [0.717, 1.165) is 15.3 Å². The molecule has 0 aromatic heterocycles. The molecule has 1 fully saturated rings. The van der Waals surface area contributed by atoms with Gasteiger partial charge in [0, 0.05) is 29.1 Å². The number of ether oxygens (including phenoxy) is 2. The van der Waals surface area contributed by atoms with Gasteiger partial charge in [-0.15, -0.1) is 0 Å². The zero-order chi connectivity index (χ0) is 13.1. The number of aldehydes is 1. The van der Waals surface area contributed by atoms with Crippen LogP contribution in [0, 0.1) is 5.92 Å². The van der Waals surface area contributed by atoms with Crippen molar-refractivity contribution in [3.63, 3.8) is 0 Å². The molecule has 0 saturated heterocycles. The van der Waals surface area contributed by atoms with Gasteiger partial charge >= 0.3 is 0 Å². The van der Waals surface area contributed by atoms with E-state index < -0.39 is 14.4 Å². The standard InChI is InChI=1S/C10H10Br4O3/c1-16-10(17-2)8(13)3-5(4-15)9(10,14)7(12)6(8)11/h4-5H,3H2,1-2H3. The number of fused-ring (bicyclic) bond motifs is 2. The quantitative estimate of drug-likeness (QED) is 0.340. The third-order valence-corrected chi connectivity index (χ3v) is 10.1. The molecule has 1 saturated carbocycles. The number of carbonyl (C=O) groups excluding carboxylic acids is 1. The molecular weight excluding hydrogens is 488 g/mol. The fraction of sp³-hybridized carbons (Fsp3) is 0.700. The summed E-state index contributed by atoms with van der Waals surface area (Å²) in [6.45, 7) is 0. The monoisotopic (exact) mass is 494 g/mol. The summed E-state index contributed by atoms with van der Waals surface area (Å²) < 4.78 is 11.7. The van der Waals surface area contributed by atoms with Crippen molar-refractivity contribution in [2.45, 2.75) is 20.9 Å². The van der Waals surface area contributed by atoms with Gasteiger partial charge in [0.2, 0.25) is 5.79 Å². The average molecular weight is 498 g/mol. The highest BCUT2D eigenvalue weighted by Crippen LogP contribution is 2.73. The Kier molecular flexibility index (Phi) is 3.78. The smallest absolute Gasteiger partial charge is 0.209 e. The molecule has 3 unspecified atom stereocenters. The lowest BCUT2D eigenvalue weighted by Gasteiger charge is -2.41. The summed E-state index contributed by atoms with van der Waals surface area (Å²) in [5.74, 6) is -1.21. The number of alkyl halides is 2. The van der Waals surface area contributed by atoms with E-state index in [4.69, 9.17) is 9.47 Å². The van der Waals surface area contributed by atoms with Crippen LogP contribution in [0.2, 0.25) is 0 Å². The second-order valence-corrected chi connectivity index (χ2v) is 8.30. The van der Waals surface area contributed by atoms with E-state index in [1.807, 2.05) is 0 Å². The van der Waals surface area contributed by atoms with Gasteiger partial charge in [-0.1, -0.05) is 63.7 Å². The second kappa shape index (κ2) is 4.38. The van der Waals surface area contributed by atoms with Gasteiger partial charge in [-0.25, -0.2) is 0 Å². The normalized spacial score (nSPS) is 43.3. The van der Waals surface area contributed by atoms with Gasteiger partial charge in [-0.3, -0.25) is 0 Å². The van der Waals surface area contributed by atoms with Crippen molar-refractivity contribution in [2.75, 3.05) is 14.2 Å². The molecule has 0 aromatic carbocycles. The van der Waals surface area contributed by atoms with Gasteiger partial charge in [0.15, 0.2) is 0 Å². The van der Waals surface area contributed by atoms with Crippen molar-refractivity contribution in [1.29, 1.82) is 0 Å². The van der Waals surface area contributed by atoms with Crippen LogP contribution in [0.3, 0.4) is 0 Å². The molecule has 0 aromatic rings. The fourth-order valence-electron chi connectivity index (χ4n) is 2.83. The van der Waals surface area contributed by atoms with Crippen LogP contribution in [-0.4, -0.2) is 34.9 Å². The molecule has 2 rings (SSSR count). The highest BCUT2D eigenvalue weighted by atomic mass is 79.9. The van der Waals surface area contributed by atoms with E-state index in [9.17, 15) is 4.79 Å². The predicted octanol–water partition coefficient (Wildman–Crippen LogP) is 3.48. The zero-order valence-electron chi connectivity index (χ0n) is 9.10. The Morgan fingerprint density at radius 3 is 2.12 bits per heavy atom. The Morgan fingerprint density at radius 1 is 1.24 bits per heavy atom. The van der Waals surface area contributed by atoms with E-state index in [0.29, 0.717) is 6.42 Å². The zero-order valence-corrected chi connectivity index (χ0v) is 15.4. The summed E-state index contributed by atoms with van der Waals surface area (Å²) in [6.07, 6.45) is 1.53. The van der Waals surface area contributed by atoms with Gasteiger partial charge in [-0.2, -0.15) is 0 Å². The lowest BCUT2D eigenvalue weighted by atomic mass is 9.94. The van der Waals surface area contributed by atoms with Crippen LogP contribution in [0.4, 0.5) is 0 Å². The Labute approximate surface area is 133 Å². The van der Waals surface area contributed by atoms with E-state index >= 15 is 0 Å². The molecule has 2 bridgehead atoms. The first-order valence-electron chi connectivity index (χ1n) is 4.85. The Bertz CT molecular complexity index is 406. The minimum absolute atomic E-state index is 0.238. The maximum absolute atomic E-state index is 11.3. The minimum Gasteiger partial charge on any atom is -0.350 e. The SMILES string of the molecule is COC1(OC)C2(Br)CC(C=O)C1(Br)C(Br)=C2Br. The molecule has 7 heteroatoms. The van der Waals surface area contributed by atoms with E-state index in [2.05, 4.69) is 63.7 Å². The van der Waals surface area contributed by atoms with Crippen molar-refractivity contribution in [3.05, 3.63) is 8.96 Å². The number of halogens is 4. The average Bonchev–Trinajstić information content (AvgIpc) is 2.60. The number of carbonyl (C=O) groups is 1. The van der Waals surface area contributed by atoms with Crippen LogP contribution in [0.15, 0.2) is 8.96 Å².